The number of aryl methyl sites for hydroxylation is 2. The average Bonchev–Trinajstić information content (AvgIpc) is 2.62. The molecule has 2 aromatic rings. The first-order valence-corrected chi connectivity index (χ1v) is 7.96. The zero-order valence-corrected chi connectivity index (χ0v) is 14.2. The predicted molar refractivity (Wildman–Crippen MR) is 93.8 cm³/mol. The lowest BCUT2D eigenvalue weighted by Gasteiger charge is -2.16. The summed E-state index contributed by atoms with van der Waals surface area (Å²) >= 11 is 0. The zero-order chi connectivity index (χ0) is 18.4. The number of rotatable bonds is 6. The first-order valence-electron chi connectivity index (χ1n) is 7.96. The third kappa shape index (κ3) is 4.40. The van der Waals surface area contributed by atoms with Crippen molar-refractivity contribution in [2.24, 2.45) is 11.8 Å². The van der Waals surface area contributed by atoms with E-state index in [1.807, 2.05) is 38.1 Å². The van der Waals surface area contributed by atoms with Crippen molar-refractivity contribution in [3.05, 3.63) is 70.8 Å². The van der Waals surface area contributed by atoms with Gasteiger partial charge < -0.3 is 0 Å². The van der Waals surface area contributed by atoms with E-state index in [9.17, 15) is 20.1 Å². The van der Waals surface area contributed by atoms with Crippen LogP contribution >= 0.6 is 0 Å². The van der Waals surface area contributed by atoms with Gasteiger partial charge in [0, 0.05) is 17.5 Å². The fraction of sp³-hybridized carbons (Fsp3) is 0.238. The van der Waals surface area contributed by atoms with E-state index in [2.05, 4.69) is 0 Å². The summed E-state index contributed by atoms with van der Waals surface area (Å²) in [7, 11) is 0. The standard InChI is InChI=1S/C21H18N2O2/c1-14-3-7-16(8-4-14)20(24)11-19(18(12-22)13-23)21(25)17-9-5-15(2)6-10-17/h3-10,18-19H,11H2,1-2H3. The topological polar surface area (TPSA) is 81.7 Å². The molecule has 2 rings (SSSR count). The van der Waals surface area contributed by atoms with Crippen LogP contribution in [0.25, 0.3) is 0 Å². The molecule has 1 unspecified atom stereocenters. The van der Waals surface area contributed by atoms with Gasteiger partial charge in [0.2, 0.25) is 0 Å². The van der Waals surface area contributed by atoms with Crippen molar-refractivity contribution in [3.8, 4) is 12.1 Å². The molecule has 0 radical (unpaired) electrons. The molecule has 0 saturated carbocycles. The first-order chi connectivity index (χ1) is 12.0. The zero-order valence-electron chi connectivity index (χ0n) is 14.2. The maximum atomic E-state index is 12.8. The Labute approximate surface area is 147 Å². The Balaban J connectivity index is 2.30. The van der Waals surface area contributed by atoms with Crippen LogP contribution in [0.4, 0.5) is 0 Å². The van der Waals surface area contributed by atoms with Gasteiger partial charge in [-0.3, -0.25) is 9.59 Å². The second kappa shape index (κ2) is 8.04. The van der Waals surface area contributed by atoms with Gasteiger partial charge in [0.15, 0.2) is 11.6 Å². The van der Waals surface area contributed by atoms with Crippen LogP contribution in [0.2, 0.25) is 0 Å². The largest absolute Gasteiger partial charge is 0.294 e. The summed E-state index contributed by atoms with van der Waals surface area (Å²) in [4.78, 5) is 25.3. The molecule has 0 heterocycles. The lowest BCUT2D eigenvalue weighted by Crippen LogP contribution is -2.25. The highest BCUT2D eigenvalue weighted by molar-refractivity contribution is 6.04. The highest BCUT2D eigenvalue weighted by Gasteiger charge is 2.31. The normalized spacial score (nSPS) is 11.4. The number of ketones is 2. The third-order valence-electron chi connectivity index (χ3n) is 4.13. The fourth-order valence-electron chi connectivity index (χ4n) is 2.56. The van der Waals surface area contributed by atoms with Crippen molar-refractivity contribution in [1.29, 1.82) is 10.5 Å². The summed E-state index contributed by atoms with van der Waals surface area (Å²) in [6.07, 6.45) is -0.165. The van der Waals surface area contributed by atoms with Gasteiger partial charge in [-0.05, 0) is 13.8 Å². The monoisotopic (exact) mass is 330 g/mol. The van der Waals surface area contributed by atoms with Crippen LogP contribution in [0.1, 0.15) is 38.3 Å². The van der Waals surface area contributed by atoms with E-state index in [1.165, 1.54) is 0 Å². The number of nitriles is 2. The molecular weight excluding hydrogens is 312 g/mol. The second-order valence-corrected chi connectivity index (χ2v) is 6.07. The summed E-state index contributed by atoms with van der Waals surface area (Å²) in [5.41, 5.74) is 2.90. The number of benzene rings is 2. The van der Waals surface area contributed by atoms with E-state index < -0.39 is 11.8 Å². The summed E-state index contributed by atoms with van der Waals surface area (Å²) in [6, 6.07) is 17.6. The Morgan fingerprint density at radius 3 is 1.72 bits per heavy atom. The molecule has 0 aliphatic heterocycles. The lowest BCUT2D eigenvalue weighted by molar-refractivity contribution is 0.0837. The number of nitrogens with zero attached hydrogens (tertiary/aromatic N) is 2. The maximum absolute atomic E-state index is 12.8. The Hall–Kier alpha value is -3.24. The number of carbonyl (C=O) groups excluding carboxylic acids is 2. The molecule has 0 bridgehead atoms. The van der Waals surface area contributed by atoms with E-state index >= 15 is 0 Å². The first kappa shape index (κ1) is 18.1. The van der Waals surface area contributed by atoms with Gasteiger partial charge in [0.1, 0.15) is 5.92 Å². The molecule has 0 aliphatic carbocycles. The molecule has 0 spiro atoms. The van der Waals surface area contributed by atoms with Crippen LogP contribution < -0.4 is 0 Å². The minimum Gasteiger partial charge on any atom is -0.294 e. The number of Topliss-reactive ketones (excluding diaryl/α,β-unsaturated/α-hetero) is 2. The highest BCUT2D eigenvalue weighted by Crippen LogP contribution is 2.23. The van der Waals surface area contributed by atoms with Gasteiger partial charge in [-0.15, -0.1) is 0 Å². The van der Waals surface area contributed by atoms with E-state index in [1.54, 1.807) is 36.4 Å². The molecule has 0 saturated heterocycles. The van der Waals surface area contributed by atoms with Crippen molar-refractivity contribution in [3.63, 3.8) is 0 Å². The van der Waals surface area contributed by atoms with Crippen molar-refractivity contribution < 1.29 is 9.59 Å². The van der Waals surface area contributed by atoms with Crippen LogP contribution in [0.5, 0.6) is 0 Å². The summed E-state index contributed by atoms with van der Waals surface area (Å²) in [5, 5.41) is 18.4. The quantitative estimate of drug-likeness (QED) is 0.748. The summed E-state index contributed by atoms with van der Waals surface area (Å²) < 4.78 is 0. The molecule has 124 valence electrons. The average molecular weight is 330 g/mol. The summed E-state index contributed by atoms with van der Waals surface area (Å²) in [5.74, 6) is -2.75. The van der Waals surface area contributed by atoms with Gasteiger partial charge in [0.05, 0.1) is 18.1 Å². The molecule has 1 atom stereocenters. The third-order valence-corrected chi connectivity index (χ3v) is 4.13. The van der Waals surface area contributed by atoms with Crippen molar-refractivity contribution >= 4 is 11.6 Å². The Morgan fingerprint density at radius 1 is 0.840 bits per heavy atom. The van der Waals surface area contributed by atoms with Crippen LogP contribution in [0, 0.1) is 48.3 Å². The molecule has 0 fully saturated rings. The Kier molecular flexibility index (Phi) is 5.82. The molecule has 0 aromatic heterocycles. The smallest absolute Gasteiger partial charge is 0.168 e. The Morgan fingerprint density at radius 2 is 1.28 bits per heavy atom. The molecule has 0 aliphatic rings. The van der Waals surface area contributed by atoms with Gasteiger partial charge in [-0.25, -0.2) is 0 Å². The van der Waals surface area contributed by atoms with E-state index in [4.69, 9.17) is 0 Å². The SMILES string of the molecule is Cc1ccc(C(=O)CC(C(=O)c2ccc(C)cc2)C(C#N)C#N)cc1. The van der Waals surface area contributed by atoms with Crippen LogP contribution in [-0.2, 0) is 0 Å². The highest BCUT2D eigenvalue weighted by atomic mass is 16.1. The summed E-state index contributed by atoms with van der Waals surface area (Å²) in [6.45, 7) is 3.82. The van der Waals surface area contributed by atoms with Crippen LogP contribution in [0.3, 0.4) is 0 Å². The second-order valence-electron chi connectivity index (χ2n) is 6.07. The molecular formula is C21H18N2O2. The molecule has 4 heteroatoms. The van der Waals surface area contributed by atoms with Crippen LogP contribution in [0.15, 0.2) is 48.5 Å². The van der Waals surface area contributed by atoms with Crippen molar-refractivity contribution in [2.75, 3.05) is 0 Å². The van der Waals surface area contributed by atoms with Gasteiger partial charge in [0.25, 0.3) is 0 Å². The number of carbonyl (C=O) groups is 2. The molecule has 4 nitrogen and oxygen atoms in total. The molecule has 0 N–H and O–H groups in total. The predicted octanol–water partition coefficient (Wildman–Crippen LogP) is 4.04. The van der Waals surface area contributed by atoms with E-state index in [0.29, 0.717) is 11.1 Å². The number of hydrogen-bond donors (Lipinski definition) is 0. The lowest BCUT2D eigenvalue weighted by atomic mass is 9.82. The molecule has 2 aromatic carbocycles. The minimum atomic E-state index is -1.16. The Bertz CT molecular complexity index is 839. The maximum Gasteiger partial charge on any atom is 0.168 e. The van der Waals surface area contributed by atoms with Gasteiger partial charge in [-0.2, -0.15) is 10.5 Å². The van der Waals surface area contributed by atoms with E-state index in [-0.39, 0.29) is 18.0 Å². The molecule has 0 amide bonds. The fourth-order valence-corrected chi connectivity index (χ4v) is 2.56. The van der Waals surface area contributed by atoms with Gasteiger partial charge in [-0.1, -0.05) is 59.7 Å². The van der Waals surface area contributed by atoms with Crippen molar-refractivity contribution in [2.45, 2.75) is 20.3 Å². The van der Waals surface area contributed by atoms with Gasteiger partial charge >= 0.3 is 0 Å². The van der Waals surface area contributed by atoms with Crippen molar-refractivity contribution in [1.82, 2.24) is 0 Å². The molecule has 25 heavy (non-hydrogen) atoms. The van der Waals surface area contributed by atoms with Crippen LogP contribution in [-0.4, -0.2) is 11.6 Å². The number of hydrogen-bond acceptors (Lipinski definition) is 4. The van der Waals surface area contributed by atoms with E-state index in [0.717, 1.165) is 11.1 Å². The minimum absolute atomic E-state index is 0.165.